The van der Waals surface area contributed by atoms with Gasteiger partial charge in [0.15, 0.2) is 6.10 Å². The molecule has 0 aliphatic carbocycles. The normalized spacial score (nSPS) is 21.6. The molecule has 1 aromatic carbocycles. The van der Waals surface area contributed by atoms with Crippen LogP contribution < -0.4 is 21.3 Å². The fourth-order valence-electron chi connectivity index (χ4n) is 3.22. The molecule has 1 fully saturated rings. The molecule has 1 aromatic heterocycles. The molecular formula is C20H23Cl2N3O6. The summed E-state index contributed by atoms with van der Waals surface area (Å²) >= 11 is 11.9. The summed E-state index contributed by atoms with van der Waals surface area (Å²) in [5, 5.41) is 13.7. The number of aryl methyl sites for hydroxylation is 1. The van der Waals surface area contributed by atoms with Crippen LogP contribution in [-0.4, -0.2) is 45.4 Å². The van der Waals surface area contributed by atoms with Gasteiger partial charge in [0.2, 0.25) is 0 Å². The molecule has 0 spiro atoms. The average Bonchev–Trinajstić information content (AvgIpc) is 3.08. The van der Waals surface area contributed by atoms with Crippen molar-refractivity contribution < 1.29 is 19.4 Å². The Labute approximate surface area is 187 Å². The van der Waals surface area contributed by atoms with Crippen LogP contribution in [0.15, 0.2) is 34.0 Å². The second kappa shape index (κ2) is 9.86. The lowest BCUT2D eigenvalue weighted by molar-refractivity contribution is -0.128. The molecule has 11 heteroatoms. The predicted molar refractivity (Wildman–Crippen MR) is 115 cm³/mol. The van der Waals surface area contributed by atoms with Gasteiger partial charge in [-0.15, -0.1) is 0 Å². The number of hydrogen-bond acceptors (Lipinski definition) is 6. The van der Waals surface area contributed by atoms with Crippen molar-refractivity contribution in [2.24, 2.45) is 0 Å². The number of halogens is 2. The van der Waals surface area contributed by atoms with Crippen molar-refractivity contribution in [3.05, 3.63) is 60.8 Å². The quantitative estimate of drug-likeness (QED) is 0.563. The van der Waals surface area contributed by atoms with Crippen LogP contribution in [0.4, 0.5) is 0 Å². The molecule has 1 saturated heterocycles. The van der Waals surface area contributed by atoms with Crippen molar-refractivity contribution in [3.63, 3.8) is 0 Å². The Morgan fingerprint density at radius 1 is 1.42 bits per heavy atom. The molecule has 0 radical (unpaired) electrons. The highest BCUT2D eigenvalue weighted by Gasteiger charge is 2.36. The third kappa shape index (κ3) is 5.48. The summed E-state index contributed by atoms with van der Waals surface area (Å²) in [7, 11) is 0. The number of aliphatic hydroxyl groups is 1. The first kappa shape index (κ1) is 23.3. The van der Waals surface area contributed by atoms with Gasteiger partial charge in [-0.25, -0.2) is 4.79 Å². The summed E-state index contributed by atoms with van der Waals surface area (Å²) in [6, 6.07) is 4.67. The van der Waals surface area contributed by atoms with E-state index in [4.69, 9.17) is 32.7 Å². The number of aliphatic hydroxyl groups excluding tert-OH is 1. The lowest BCUT2D eigenvalue weighted by atomic mass is 10.1. The largest absolute Gasteiger partial charge is 0.479 e. The van der Waals surface area contributed by atoms with Crippen LogP contribution in [0, 0.1) is 0 Å². The minimum Gasteiger partial charge on any atom is -0.479 e. The Bertz CT molecular complexity index is 1070. The van der Waals surface area contributed by atoms with Crippen molar-refractivity contribution in [3.8, 4) is 5.75 Å². The van der Waals surface area contributed by atoms with Gasteiger partial charge in [0.05, 0.1) is 11.1 Å². The number of ether oxygens (including phenoxy) is 2. The Morgan fingerprint density at radius 2 is 2.16 bits per heavy atom. The Kier molecular flexibility index (Phi) is 7.42. The van der Waals surface area contributed by atoms with Crippen LogP contribution in [0.5, 0.6) is 5.75 Å². The zero-order chi connectivity index (χ0) is 22.7. The molecule has 2 heterocycles. The number of hydrogen-bond donors (Lipinski definition) is 3. The van der Waals surface area contributed by atoms with Crippen molar-refractivity contribution in [1.29, 1.82) is 0 Å². The monoisotopic (exact) mass is 471 g/mol. The number of aromatic amines is 1. The first-order chi connectivity index (χ1) is 14.7. The number of carbonyl (C=O) groups is 1. The van der Waals surface area contributed by atoms with Gasteiger partial charge >= 0.3 is 5.69 Å². The SMILES string of the molecule is CCc1cn([C@H]2C[C@H](O)[C@@H](CNC(=O)[C@H](C)Oc3ccc(Cl)cc3Cl)O2)c(=O)[nH]c1=O. The van der Waals surface area contributed by atoms with Gasteiger partial charge < -0.3 is 19.9 Å². The van der Waals surface area contributed by atoms with E-state index in [0.717, 1.165) is 0 Å². The molecule has 168 valence electrons. The lowest BCUT2D eigenvalue weighted by Crippen LogP contribution is -2.42. The van der Waals surface area contributed by atoms with Crippen molar-refractivity contribution >= 4 is 29.1 Å². The molecular weight excluding hydrogens is 449 g/mol. The third-order valence-electron chi connectivity index (χ3n) is 4.98. The molecule has 4 atom stereocenters. The van der Waals surface area contributed by atoms with E-state index in [-0.39, 0.29) is 18.0 Å². The predicted octanol–water partition coefficient (Wildman–Crippen LogP) is 1.64. The molecule has 0 bridgehead atoms. The maximum Gasteiger partial charge on any atom is 0.330 e. The standard InChI is InChI=1S/C20H23Cl2N3O6/c1-3-11-9-25(20(29)24-19(11)28)17-7-14(26)16(31-17)8-23-18(27)10(2)30-15-5-4-12(21)6-13(15)22/h4-6,9-10,14,16-17,26H,3,7-8H2,1-2H3,(H,23,27)(H,24,28,29)/t10-,14-,16+,17+/m0/s1. The highest BCUT2D eigenvalue weighted by molar-refractivity contribution is 6.35. The molecule has 3 N–H and O–H groups in total. The maximum atomic E-state index is 12.4. The van der Waals surface area contributed by atoms with Gasteiger partial charge in [0.25, 0.3) is 11.5 Å². The van der Waals surface area contributed by atoms with Gasteiger partial charge in [-0.1, -0.05) is 30.1 Å². The molecule has 3 rings (SSSR count). The number of carbonyl (C=O) groups excluding carboxylic acids is 1. The number of benzene rings is 1. The van der Waals surface area contributed by atoms with Crippen LogP contribution in [0.1, 0.15) is 32.1 Å². The summed E-state index contributed by atoms with van der Waals surface area (Å²) in [6.07, 6.45) is -1.23. The molecule has 0 unspecified atom stereocenters. The van der Waals surface area contributed by atoms with Crippen LogP contribution in [-0.2, 0) is 16.0 Å². The first-order valence-corrected chi connectivity index (χ1v) is 10.5. The molecule has 1 amide bonds. The number of nitrogens with one attached hydrogen (secondary N) is 2. The lowest BCUT2D eigenvalue weighted by Gasteiger charge is -2.19. The van der Waals surface area contributed by atoms with Crippen LogP contribution in [0.3, 0.4) is 0 Å². The Hall–Kier alpha value is -2.33. The smallest absolute Gasteiger partial charge is 0.330 e. The van der Waals surface area contributed by atoms with Gasteiger partial charge in [0.1, 0.15) is 18.1 Å². The molecule has 1 aliphatic heterocycles. The summed E-state index contributed by atoms with van der Waals surface area (Å²) in [6.45, 7) is 3.36. The van der Waals surface area contributed by atoms with E-state index >= 15 is 0 Å². The highest BCUT2D eigenvalue weighted by atomic mass is 35.5. The van der Waals surface area contributed by atoms with Crippen LogP contribution in [0.2, 0.25) is 10.0 Å². The van der Waals surface area contributed by atoms with E-state index in [1.54, 1.807) is 26.0 Å². The number of H-pyrrole nitrogens is 1. The van der Waals surface area contributed by atoms with E-state index in [1.165, 1.54) is 16.8 Å². The number of rotatable bonds is 7. The zero-order valence-corrected chi connectivity index (χ0v) is 18.4. The molecule has 0 saturated carbocycles. The van der Waals surface area contributed by atoms with Gasteiger partial charge in [-0.2, -0.15) is 0 Å². The van der Waals surface area contributed by atoms with Crippen molar-refractivity contribution in [1.82, 2.24) is 14.9 Å². The van der Waals surface area contributed by atoms with E-state index < -0.39 is 41.7 Å². The van der Waals surface area contributed by atoms with Gasteiger partial charge in [0, 0.05) is 29.7 Å². The maximum absolute atomic E-state index is 12.4. The van der Waals surface area contributed by atoms with Gasteiger partial charge in [-0.05, 0) is 31.5 Å². The van der Waals surface area contributed by atoms with Crippen LogP contribution >= 0.6 is 23.2 Å². The second-order valence-electron chi connectivity index (χ2n) is 7.19. The minimum absolute atomic E-state index is 0.0112. The third-order valence-corrected chi connectivity index (χ3v) is 5.51. The van der Waals surface area contributed by atoms with E-state index in [2.05, 4.69) is 10.3 Å². The molecule has 1 aliphatic rings. The molecule has 2 aromatic rings. The Balaban J connectivity index is 1.59. The summed E-state index contributed by atoms with van der Waals surface area (Å²) in [5.74, 6) is -0.116. The topological polar surface area (TPSA) is 123 Å². The highest BCUT2D eigenvalue weighted by Crippen LogP contribution is 2.29. The fraction of sp³-hybridized carbons (Fsp3) is 0.450. The number of amides is 1. The van der Waals surface area contributed by atoms with Crippen molar-refractivity contribution in [2.75, 3.05) is 6.54 Å². The molecule has 31 heavy (non-hydrogen) atoms. The summed E-state index contributed by atoms with van der Waals surface area (Å²) in [5.41, 5.74) is -0.631. The van der Waals surface area contributed by atoms with E-state index in [0.29, 0.717) is 22.8 Å². The average molecular weight is 472 g/mol. The van der Waals surface area contributed by atoms with E-state index in [9.17, 15) is 19.5 Å². The number of aromatic nitrogens is 2. The van der Waals surface area contributed by atoms with Crippen molar-refractivity contribution in [2.45, 2.75) is 51.2 Å². The number of nitrogens with zero attached hydrogens (tertiary/aromatic N) is 1. The zero-order valence-electron chi connectivity index (χ0n) is 16.9. The minimum atomic E-state index is -0.906. The first-order valence-electron chi connectivity index (χ1n) is 9.76. The van der Waals surface area contributed by atoms with Gasteiger partial charge in [-0.3, -0.25) is 19.1 Å². The Morgan fingerprint density at radius 3 is 2.84 bits per heavy atom. The molecule has 9 nitrogen and oxygen atoms in total. The van der Waals surface area contributed by atoms with Crippen LogP contribution in [0.25, 0.3) is 0 Å². The fourth-order valence-corrected chi connectivity index (χ4v) is 3.68. The summed E-state index contributed by atoms with van der Waals surface area (Å²) in [4.78, 5) is 38.5. The van der Waals surface area contributed by atoms with E-state index in [1.807, 2.05) is 0 Å². The summed E-state index contributed by atoms with van der Waals surface area (Å²) < 4.78 is 12.6. The second-order valence-corrected chi connectivity index (χ2v) is 8.03.